The predicted octanol–water partition coefficient (Wildman–Crippen LogP) is 0.665. The van der Waals surface area contributed by atoms with Gasteiger partial charge in [0, 0.05) is 19.1 Å². The second kappa shape index (κ2) is 6.58. The van der Waals surface area contributed by atoms with Crippen molar-refractivity contribution in [3.05, 3.63) is 11.2 Å². The number of rotatable bonds is 5. The van der Waals surface area contributed by atoms with Gasteiger partial charge in [-0.1, -0.05) is 11.6 Å². The van der Waals surface area contributed by atoms with Crippen LogP contribution in [-0.4, -0.2) is 63.5 Å². The van der Waals surface area contributed by atoms with Gasteiger partial charge in [-0.25, -0.2) is 9.78 Å². The minimum Gasteiger partial charge on any atom is -0.474 e. The van der Waals surface area contributed by atoms with Gasteiger partial charge < -0.3 is 25.2 Å². The van der Waals surface area contributed by atoms with E-state index in [0.29, 0.717) is 25.5 Å². The fourth-order valence-corrected chi connectivity index (χ4v) is 2.04. The van der Waals surface area contributed by atoms with Gasteiger partial charge in [0.25, 0.3) is 0 Å². The summed E-state index contributed by atoms with van der Waals surface area (Å²) in [5.41, 5.74) is 0. The molecule has 0 aliphatic carbocycles. The molecule has 1 fully saturated rings. The first-order chi connectivity index (χ1) is 9.60. The van der Waals surface area contributed by atoms with Gasteiger partial charge in [-0.15, -0.1) is 0 Å². The number of anilines is 1. The van der Waals surface area contributed by atoms with Gasteiger partial charge in [-0.05, 0) is 6.42 Å². The molecule has 1 amide bonds. The molecule has 2 rings (SSSR count). The number of ether oxygens (including phenoxy) is 1. The summed E-state index contributed by atoms with van der Waals surface area (Å²) in [6.07, 6.45) is 1.15. The van der Waals surface area contributed by atoms with Crippen LogP contribution in [0.15, 0.2) is 6.20 Å². The van der Waals surface area contributed by atoms with E-state index in [1.54, 1.807) is 0 Å². The van der Waals surface area contributed by atoms with Crippen LogP contribution in [0.4, 0.5) is 10.7 Å². The van der Waals surface area contributed by atoms with Crippen molar-refractivity contribution in [1.82, 2.24) is 14.9 Å². The van der Waals surface area contributed by atoms with Gasteiger partial charge in [0.05, 0.1) is 12.8 Å². The number of likely N-dealkylation sites (tertiary alicyclic amines) is 1. The molecule has 1 unspecified atom stereocenters. The van der Waals surface area contributed by atoms with E-state index in [1.807, 2.05) is 0 Å². The third kappa shape index (κ3) is 3.61. The van der Waals surface area contributed by atoms with E-state index in [0.717, 1.165) is 0 Å². The molecule has 3 N–H and O–H groups in total. The molecule has 9 heteroatoms. The second-order valence-corrected chi connectivity index (χ2v) is 4.68. The van der Waals surface area contributed by atoms with E-state index in [4.69, 9.17) is 26.6 Å². The zero-order chi connectivity index (χ0) is 14.5. The summed E-state index contributed by atoms with van der Waals surface area (Å²) < 4.78 is 5.17. The molecule has 0 saturated carbocycles. The van der Waals surface area contributed by atoms with Crippen molar-refractivity contribution < 1.29 is 19.7 Å². The Morgan fingerprint density at radius 3 is 3.10 bits per heavy atom. The number of nitrogens with zero attached hydrogens (tertiary/aromatic N) is 3. The van der Waals surface area contributed by atoms with E-state index in [9.17, 15) is 4.79 Å². The number of hydrogen-bond donors (Lipinski definition) is 3. The molecule has 0 aromatic carbocycles. The zero-order valence-electron chi connectivity index (χ0n) is 10.6. The lowest BCUT2D eigenvalue weighted by Crippen LogP contribution is -2.30. The van der Waals surface area contributed by atoms with Crippen LogP contribution in [0, 0.1) is 0 Å². The average Bonchev–Trinajstić information content (AvgIpc) is 2.88. The van der Waals surface area contributed by atoms with Crippen LogP contribution < -0.4 is 10.1 Å². The van der Waals surface area contributed by atoms with Gasteiger partial charge in [0.1, 0.15) is 11.6 Å². The third-order valence-corrected chi connectivity index (χ3v) is 3.09. The van der Waals surface area contributed by atoms with Crippen LogP contribution in [0.5, 0.6) is 5.88 Å². The monoisotopic (exact) mass is 302 g/mol. The van der Waals surface area contributed by atoms with Gasteiger partial charge >= 0.3 is 6.09 Å². The summed E-state index contributed by atoms with van der Waals surface area (Å²) in [5, 5.41) is 20.9. The first-order valence-corrected chi connectivity index (χ1v) is 6.48. The Hall–Kier alpha value is -1.80. The first-order valence-electron chi connectivity index (χ1n) is 6.10. The molecule has 0 bridgehead atoms. The maximum absolute atomic E-state index is 10.8. The number of nitrogens with one attached hydrogen (secondary N) is 1. The summed E-state index contributed by atoms with van der Waals surface area (Å²) in [6.45, 7) is 0.814. The van der Waals surface area contributed by atoms with Crippen LogP contribution in [0.3, 0.4) is 0 Å². The van der Waals surface area contributed by atoms with Gasteiger partial charge in [0.15, 0.2) is 0 Å². The number of carboxylic acid groups (broad SMARTS) is 1. The Morgan fingerprint density at radius 2 is 2.45 bits per heavy atom. The molecule has 8 nitrogen and oxygen atoms in total. The quantitative estimate of drug-likeness (QED) is 0.733. The van der Waals surface area contributed by atoms with Crippen LogP contribution in [0.25, 0.3) is 0 Å². The lowest BCUT2D eigenvalue weighted by molar-refractivity contribution is 0.155. The van der Waals surface area contributed by atoms with Gasteiger partial charge in [-0.3, -0.25) is 0 Å². The minimum atomic E-state index is -0.932. The third-order valence-electron chi connectivity index (χ3n) is 2.83. The molecule has 1 saturated heterocycles. The van der Waals surface area contributed by atoms with Crippen LogP contribution in [0.2, 0.25) is 5.02 Å². The molecule has 2 heterocycles. The Bertz CT molecular complexity index is 487. The molecule has 1 atom stereocenters. The van der Waals surface area contributed by atoms with Gasteiger partial charge in [-0.2, -0.15) is 4.98 Å². The molecular formula is C11H15ClN4O4. The van der Waals surface area contributed by atoms with Crippen molar-refractivity contribution in [3.63, 3.8) is 0 Å². The minimum absolute atomic E-state index is 0.0435. The molecule has 0 radical (unpaired) electrons. The summed E-state index contributed by atoms with van der Waals surface area (Å²) >= 11 is 5.87. The van der Waals surface area contributed by atoms with E-state index >= 15 is 0 Å². The highest BCUT2D eigenvalue weighted by molar-refractivity contribution is 6.31. The molecule has 20 heavy (non-hydrogen) atoms. The summed E-state index contributed by atoms with van der Waals surface area (Å²) in [4.78, 5) is 20.3. The fourth-order valence-electron chi connectivity index (χ4n) is 1.90. The van der Waals surface area contributed by atoms with Crippen molar-refractivity contribution in [2.24, 2.45) is 0 Å². The Kier molecular flexibility index (Phi) is 4.80. The number of aliphatic hydroxyl groups is 1. The normalized spacial score (nSPS) is 18.1. The molecule has 110 valence electrons. The van der Waals surface area contributed by atoms with Crippen molar-refractivity contribution in [2.75, 3.05) is 31.6 Å². The van der Waals surface area contributed by atoms with Gasteiger partial charge in [0.2, 0.25) is 11.8 Å². The highest BCUT2D eigenvalue weighted by Crippen LogP contribution is 2.22. The van der Waals surface area contributed by atoms with E-state index < -0.39 is 6.09 Å². The highest BCUT2D eigenvalue weighted by atomic mass is 35.5. The Labute approximate surface area is 120 Å². The molecular weight excluding hydrogens is 288 g/mol. The first kappa shape index (κ1) is 14.6. The number of hydrogen-bond acceptors (Lipinski definition) is 6. The van der Waals surface area contributed by atoms with E-state index in [2.05, 4.69) is 15.3 Å². The largest absolute Gasteiger partial charge is 0.474 e. The zero-order valence-corrected chi connectivity index (χ0v) is 11.4. The van der Waals surface area contributed by atoms with Crippen molar-refractivity contribution >= 4 is 23.6 Å². The topological polar surface area (TPSA) is 108 Å². The van der Waals surface area contributed by atoms with E-state index in [1.165, 1.54) is 11.1 Å². The number of aliphatic hydroxyl groups excluding tert-OH is 1. The van der Waals surface area contributed by atoms with Crippen LogP contribution >= 0.6 is 11.6 Å². The SMILES string of the molecule is O=C(O)N1CCC(Nc2ncc(Cl)c(OCCO)n2)C1. The Morgan fingerprint density at radius 1 is 1.65 bits per heavy atom. The lowest BCUT2D eigenvalue weighted by atomic mass is 10.3. The fraction of sp³-hybridized carbons (Fsp3) is 0.545. The number of amides is 1. The Balaban J connectivity index is 1.98. The maximum Gasteiger partial charge on any atom is 0.407 e. The standard InChI is InChI=1S/C11H15ClN4O4/c12-8-5-13-10(15-9(8)20-4-3-17)14-7-1-2-16(6-7)11(18)19/h5,7,17H,1-4,6H2,(H,18,19)(H,13,14,15). The smallest absolute Gasteiger partial charge is 0.407 e. The molecule has 1 aliphatic rings. The molecule has 0 spiro atoms. The molecule has 1 aliphatic heterocycles. The molecule has 1 aromatic heterocycles. The summed E-state index contributed by atoms with van der Waals surface area (Å²) in [6, 6.07) is -0.0435. The lowest BCUT2D eigenvalue weighted by Gasteiger charge is -2.14. The van der Waals surface area contributed by atoms with Crippen molar-refractivity contribution in [1.29, 1.82) is 0 Å². The van der Waals surface area contributed by atoms with Crippen molar-refractivity contribution in [2.45, 2.75) is 12.5 Å². The number of carbonyl (C=O) groups is 1. The highest BCUT2D eigenvalue weighted by Gasteiger charge is 2.26. The molecule has 1 aromatic rings. The number of halogens is 1. The summed E-state index contributed by atoms with van der Waals surface area (Å²) in [5.74, 6) is 0.505. The van der Waals surface area contributed by atoms with E-state index in [-0.39, 0.29) is 30.2 Å². The number of aromatic nitrogens is 2. The maximum atomic E-state index is 10.8. The second-order valence-electron chi connectivity index (χ2n) is 4.28. The predicted molar refractivity (Wildman–Crippen MR) is 71.2 cm³/mol. The van der Waals surface area contributed by atoms with Crippen molar-refractivity contribution in [3.8, 4) is 5.88 Å². The summed E-state index contributed by atoms with van der Waals surface area (Å²) in [7, 11) is 0. The van der Waals surface area contributed by atoms with Crippen LogP contribution in [-0.2, 0) is 0 Å². The van der Waals surface area contributed by atoms with Crippen LogP contribution in [0.1, 0.15) is 6.42 Å². The average molecular weight is 303 g/mol.